The molecule has 1 saturated carbocycles. The van der Waals surface area contributed by atoms with Crippen LogP contribution in [0.1, 0.15) is 55.5 Å². The van der Waals surface area contributed by atoms with Crippen LogP contribution in [0, 0.1) is 5.92 Å². The monoisotopic (exact) mass is 580 g/mol. The first kappa shape index (κ1) is 29.6. The van der Waals surface area contributed by atoms with Gasteiger partial charge in [0.25, 0.3) is 0 Å². The molecule has 222 valence electrons. The molecular weight excluding hydrogens is 544 g/mol. The third-order valence-corrected chi connectivity index (χ3v) is 7.59. The van der Waals surface area contributed by atoms with E-state index < -0.39 is 5.97 Å². The number of carboxylic acid groups (broad SMARTS) is 1. The van der Waals surface area contributed by atoms with Gasteiger partial charge in [-0.2, -0.15) is 0 Å². The lowest BCUT2D eigenvalue weighted by atomic mass is 9.92. The molecule has 0 heterocycles. The zero-order chi connectivity index (χ0) is 30.3. The van der Waals surface area contributed by atoms with Crippen LogP contribution in [0.2, 0.25) is 0 Å². The van der Waals surface area contributed by atoms with E-state index in [1.807, 2.05) is 62.4 Å². The molecule has 0 unspecified atom stereocenters. The lowest BCUT2D eigenvalue weighted by Crippen LogP contribution is -2.41. The highest BCUT2D eigenvalue weighted by atomic mass is 16.5. The first-order chi connectivity index (χ1) is 20.7. The van der Waals surface area contributed by atoms with Crippen LogP contribution >= 0.6 is 0 Å². The maximum absolute atomic E-state index is 12.5. The molecule has 0 aliphatic heterocycles. The van der Waals surface area contributed by atoms with E-state index in [1.165, 1.54) is 6.07 Å². The molecule has 5 rings (SSSR count). The fraction of sp³-hybridized carbons (Fsp3) is 0.286. The van der Waals surface area contributed by atoms with E-state index in [0.717, 1.165) is 47.8 Å². The van der Waals surface area contributed by atoms with Gasteiger partial charge in [0.1, 0.15) is 17.2 Å². The summed E-state index contributed by atoms with van der Waals surface area (Å²) in [5.74, 6) is 0.885. The highest BCUT2D eigenvalue weighted by molar-refractivity contribution is 6.01. The summed E-state index contributed by atoms with van der Waals surface area (Å²) in [5.41, 5.74) is 1.09. The molecule has 8 heteroatoms. The number of hydrogen-bond donors (Lipinski definition) is 3. The second kappa shape index (κ2) is 13.4. The number of amides is 2. The number of fused-ring (bicyclic) bond motifs is 1. The van der Waals surface area contributed by atoms with Crippen molar-refractivity contribution in [2.24, 2.45) is 5.92 Å². The van der Waals surface area contributed by atoms with Gasteiger partial charge in [-0.05, 0) is 90.6 Å². The smallest absolute Gasteiger partial charge is 0.337 e. The van der Waals surface area contributed by atoms with Crippen molar-refractivity contribution in [1.29, 1.82) is 0 Å². The van der Waals surface area contributed by atoms with Crippen molar-refractivity contribution in [3.63, 3.8) is 0 Å². The van der Waals surface area contributed by atoms with Gasteiger partial charge in [-0.15, -0.1) is 0 Å². The molecule has 4 aromatic rings. The Hall–Kier alpha value is -4.85. The minimum Gasteiger partial charge on any atom is -0.490 e. The first-order valence-electron chi connectivity index (χ1n) is 14.6. The normalized spacial score (nSPS) is 16.4. The maximum atomic E-state index is 12.5. The molecule has 0 aromatic heterocycles. The predicted molar refractivity (Wildman–Crippen MR) is 166 cm³/mol. The molecule has 1 fully saturated rings. The van der Waals surface area contributed by atoms with Crippen LogP contribution in [0.25, 0.3) is 10.8 Å². The predicted octanol–water partition coefficient (Wildman–Crippen LogP) is 6.97. The summed E-state index contributed by atoms with van der Waals surface area (Å²) in [7, 11) is 0. The van der Waals surface area contributed by atoms with Gasteiger partial charge in [0.05, 0.1) is 23.8 Å². The first-order valence-corrected chi connectivity index (χ1v) is 14.6. The summed E-state index contributed by atoms with van der Waals surface area (Å²) >= 11 is 0. The molecule has 4 aromatic carbocycles. The van der Waals surface area contributed by atoms with Crippen molar-refractivity contribution < 1.29 is 29.0 Å². The number of carboxylic acids is 1. The zero-order valence-corrected chi connectivity index (χ0v) is 24.3. The van der Waals surface area contributed by atoms with Crippen molar-refractivity contribution in [2.75, 3.05) is 5.32 Å². The number of carbonyl (C=O) groups is 3. The number of carbonyl (C=O) groups excluding carboxylic acids is 2. The van der Waals surface area contributed by atoms with E-state index in [0.29, 0.717) is 11.5 Å². The van der Waals surface area contributed by atoms with Gasteiger partial charge in [-0.1, -0.05) is 50.2 Å². The van der Waals surface area contributed by atoms with E-state index in [9.17, 15) is 19.5 Å². The molecule has 0 atom stereocenters. The molecule has 1 aliphatic carbocycles. The van der Waals surface area contributed by atoms with Crippen molar-refractivity contribution in [1.82, 2.24) is 5.32 Å². The van der Waals surface area contributed by atoms with E-state index in [1.54, 1.807) is 30.3 Å². The van der Waals surface area contributed by atoms with Gasteiger partial charge >= 0.3 is 5.97 Å². The van der Waals surface area contributed by atoms with Gasteiger partial charge in [0.2, 0.25) is 11.8 Å². The summed E-state index contributed by atoms with van der Waals surface area (Å²) < 4.78 is 12.3. The molecular formula is C35H36N2O6. The largest absolute Gasteiger partial charge is 0.490 e. The summed E-state index contributed by atoms with van der Waals surface area (Å²) in [5, 5.41) is 17.2. The Morgan fingerprint density at radius 2 is 1.44 bits per heavy atom. The van der Waals surface area contributed by atoms with E-state index in [2.05, 4.69) is 10.6 Å². The van der Waals surface area contributed by atoms with Crippen LogP contribution in [0.5, 0.6) is 17.2 Å². The van der Waals surface area contributed by atoms with Crippen molar-refractivity contribution in [2.45, 2.75) is 58.1 Å². The number of nitrogens with one attached hydrogen (secondary N) is 2. The van der Waals surface area contributed by atoms with Crippen LogP contribution in [0.3, 0.4) is 0 Å². The number of anilines is 1. The van der Waals surface area contributed by atoms with Crippen LogP contribution in [-0.4, -0.2) is 35.0 Å². The summed E-state index contributed by atoms with van der Waals surface area (Å²) in [6.07, 6.45) is 3.91. The zero-order valence-electron chi connectivity index (χ0n) is 24.3. The van der Waals surface area contributed by atoms with Gasteiger partial charge in [-0.25, -0.2) is 4.79 Å². The topological polar surface area (TPSA) is 114 Å². The molecule has 43 heavy (non-hydrogen) atoms. The fourth-order valence-electron chi connectivity index (χ4n) is 5.19. The van der Waals surface area contributed by atoms with Crippen LogP contribution in [-0.2, 0) is 16.0 Å². The summed E-state index contributed by atoms with van der Waals surface area (Å²) in [6, 6.07) is 25.7. The highest BCUT2D eigenvalue weighted by Gasteiger charge is 2.24. The molecule has 0 saturated heterocycles. The lowest BCUT2D eigenvalue weighted by molar-refractivity contribution is -0.125. The van der Waals surface area contributed by atoms with Crippen molar-refractivity contribution in [3.8, 4) is 17.2 Å². The van der Waals surface area contributed by atoms with Gasteiger partial charge in [-0.3, -0.25) is 9.59 Å². The quantitative estimate of drug-likeness (QED) is 0.187. The average molecular weight is 581 g/mol. The third-order valence-electron chi connectivity index (χ3n) is 7.59. The Morgan fingerprint density at radius 1 is 0.814 bits per heavy atom. The molecule has 0 radical (unpaired) electrons. The van der Waals surface area contributed by atoms with Gasteiger partial charge in [0.15, 0.2) is 0 Å². The van der Waals surface area contributed by atoms with Crippen LogP contribution < -0.4 is 20.1 Å². The molecule has 0 spiro atoms. The van der Waals surface area contributed by atoms with Gasteiger partial charge in [0, 0.05) is 12.0 Å². The second-order valence-electron chi connectivity index (χ2n) is 11.2. The molecule has 2 amide bonds. The minimum atomic E-state index is -1.09. The van der Waals surface area contributed by atoms with Crippen molar-refractivity contribution >= 4 is 34.2 Å². The Labute approximate surface area is 251 Å². The molecule has 8 nitrogen and oxygen atoms in total. The number of hydrogen-bond acceptors (Lipinski definition) is 5. The number of benzene rings is 4. The van der Waals surface area contributed by atoms with Crippen LogP contribution in [0.15, 0.2) is 84.9 Å². The highest BCUT2D eigenvalue weighted by Crippen LogP contribution is 2.30. The molecule has 3 N–H and O–H groups in total. The van der Waals surface area contributed by atoms with E-state index >= 15 is 0 Å². The Kier molecular flexibility index (Phi) is 9.25. The molecule has 1 aliphatic rings. The number of ether oxygens (including phenoxy) is 2. The second-order valence-corrected chi connectivity index (χ2v) is 11.2. The Morgan fingerprint density at radius 3 is 2.12 bits per heavy atom. The third kappa shape index (κ3) is 7.92. The summed E-state index contributed by atoms with van der Waals surface area (Å²) in [6.45, 7) is 3.83. The van der Waals surface area contributed by atoms with E-state index in [-0.39, 0.29) is 47.5 Å². The van der Waals surface area contributed by atoms with E-state index in [4.69, 9.17) is 9.47 Å². The molecule has 0 bridgehead atoms. The van der Waals surface area contributed by atoms with Crippen molar-refractivity contribution in [3.05, 3.63) is 96.1 Å². The number of rotatable bonds is 10. The van der Waals surface area contributed by atoms with Gasteiger partial charge < -0.3 is 25.2 Å². The summed E-state index contributed by atoms with van der Waals surface area (Å²) in [4.78, 5) is 35.9. The minimum absolute atomic E-state index is 0.00153. The Bertz CT molecular complexity index is 1610. The lowest BCUT2D eigenvalue weighted by Gasteiger charge is -2.30. The Balaban J connectivity index is 1.13. The average Bonchev–Trinajstić information content (AvgIpc) is 2.99. The standard InChI is InChI=1S/C35H36N2O6/c1-22(2)34(39)36-26-11-17-28(18-12-26)43-30-16-10-24-20-29(15-9-25(24)21-30)42-27-13-7-23(8-14-27)19-33(38)37-32-6-4-3-5-31(32)35(40)41/h3-10,13-16,20-22,26,28H,11-12,17-19H2,1-2H3,(H,36,39)(H,37,38)(H,40,41). The van der Waals surface area contributed by atoms with Crippen LogP contribution in [0.4, 0.5) is 5.69 Å². The SMILES string of the molecule is CC(C)C(=O)NC1CCC(Oc2ccc3cc(Oc4ccc(CC(=O)Nc5ccccc5C(=O)O)cc4)ccc3c2)CC1. The number of para-hydroxylation sites is 1. The number of aromatic carboxylic acids is 1. The fourth-order valence-corrected chi connectivity index (χ4v) is 5.19. The maximum Gasteiger partial charge on any atom is 0.337 e.